The molecule has 0 aromatic heterocycles. The van der Waals surface area contributed by atoms with Crippen LogP contribution in [0.5, 0.6) is 0 Å². The number of benzene rings is 1. The van der Waals surface area contributed by atoms with Gasteiger partial charge >= 0.3 is 6.18 Å². The van der Waals surface area contributed by atoms with E-state index in [-0.39, 0.29) is 5.02 Å². The Balaban J connectivity index is 2.87. The molecule has 1 aliphatic rings. The first-order valence-electron chi connectivity index (χ1n) is 4.30. The number of fused-ring (bicyclic) bond motifs is 1. The van der Waals surface area contributed by atoms with E-state index < -0.39 is 37.6 Å². The Morgan fingerprint density at radius 1 is 1.22 bits per heavy atom. The molecule has 0 saturated carbocycles. The molecule has 0 unspecified atom stereocenters. The molecule has 98 valence electrons. The van der Waals surface area contributed by atoms with Crippen molar-refractivity contribution in [1.29, 1.82) is 0 Å². The Hall–Kier alpha value is -0.990. The largest absolute Gasteiger partial charge is 0.417 e. The molecule has 1 aromatic carbocycles. The topological polar surface area (TPSA) is 58.5 Å². The van der Waals surface area contributed by atoms with Gasteiger partial charge in [-0.2, -0.15) is 21.6 Å². The highest BCUT2D eigenvalue weighted by molar-refractivity contribution is 7.90. The molecule has 1 aliphatic heterocycles. The average Bonchev–Trinajstić information content (AvgIpc) is 2.16. The standard InChI is InChI=1S/C8H3Cl2F3N2O2S/c9-4-2-1-3(8(11,12)13)6-5(4)14-7(10)15-18(6,16)17/h1-2H,(H,14,15). The molecule has 0 aliphatic carbocycles. The van der Waals surface area contributed by atoms with Crippen molar-refractivity contribution in [3.8, 4) is 0 Å². The van der Waals surface area contributed by atoms with Gasteiger partial charge in [-0.25, -0.2) is 0 Å². The van der Waals surface area contributed by atoms with Crippen LogP contribution in [0.1, 0.15) is 5.56 Å². The highest BCUT2D eigenvalue weighted by atomic mass is 35.5. The molecule has 0 saturated heterocycles. The number of halogens is 5. The van der Waals surface area contributed by atoms with E-state index in [0.29, 0.717) is 6.07 Å². The second-order valence-corrected chi connectivity index (χ2v) is 5.59. The van der Waals surface area contributed by atoms with Crippen molar-refractivity contribution in [1.82, 2.24) is 0 Å². The van der Waals surface area contributed by atoms with Gasteiger partial charge in [0.1, 0.15) is 4.90 Å². The normalized spacial score (nSPS) is 17.7. The summed E-state index contributed by atoms with van der Waals surface area (Å²) in [6, 6.07) is 1.51. The summed E-state index contributed by atoms with van der Waals surface area (Å²) in [6.07, 6.45) is -4.84. The zero-order chi connectivity index (χ0) is 13.7. The molecule has 1 aromatic rings. The van der Waals surface area contributed by atoms with Gasteiger partial charge in [0.25, 0.3) is 10.0 Å². The molecule has 10 heteroatoms. The van der Waals surface area contributed by atoms with Crippen LogP contribution in [0.2, 0.25) is 5.02 Å². The third-order valence-electron chi connectivity index (χ3n) is 2.10. The van der Waals surface area contributed by atoms with E-state index in [1.54, 1.807) is 0 Å². The number of hydrogen-bond donors (Lipinski definition) is 1. The summed E-state index contributed by atoms with van der Waals surface area (Å²) in [5, 5.41) is 1.44. The van der Waals surface area contributed by atoms with Crippen LogP contribution in [-0.2, 0) is 16.2 Å². The van der Waals surface area contributed by atoms with Crippen molar-refractivity contribution in [2.45, 2.75) is 11.1 Å². The molecule has 2 rings (SSSR count). The highest BCUT2D eigenvalue weighted by Gasteiger charge is 2.41. The van der Waals surface area contributed by atoms with E-state index in [2.05, 4.69) is 9.71 Å². The van der Waals surface area contributed by atoms with E-state index >= 15 is 0 Å². The maximum Gasteiger partial charge on any atom is 0.417 e. The van der Waals surface area contributed by atoms with Crippen molar-refractivity contribution in [3.63, 3.8) is 0 Å². The fourth-order valence-corrected chi connectivity index (χ4v) is 3.30. The van der Waals surface area contributed by atoms with Crippen LogP contribution < -0.4 is 5.32 Å². The Labute approximate surface area is 109 Å². The third-order valence-corrected chi connectivity index (χ3v) is 4.06. The molecule has 1 heterocycles. The summed E-state index contributed by atoms with van der Waals surface area (Å²) in [5.41, 5.74) is -1.77. The molecular formula is C8H3Cl2F3N2O2S. The van der Waals surface area contributed by atoms with Crippen LogP contribution in [0.25, 0.3) is 0 Å². The lowest BCUT2D eigenvalue weighted by molar-refractivity contribution is -0.139. The van der Waals surface area contributed by atoms with Gasteiger partial charge in [-0.15, -0.1) is 4.40 Å². The van der Waals surface area contributed by atoms with Crippen LogP contribution in [0.15, 0.2) is 21.4 Å². The van der Waals surface area contributed by atoms with Gasteiger partial charge in [0.2, 0.25) is 5.29 Å². The fourth-order valence-electron chi connectivity index (χ4n) is 1.44. The second-order valence-electron chi connectivity index (χ2n) is 3.28. The maximum absolute atomic E-state index is 12.7. The number of alkyl halides is 3. The van der Waals surface area contributed by atoms with Gasteiger partial charge in [0.15, 0.2) is 0 Å². The van der Waals surface area contributed by atoms with Crippen molar-refractivity contribution in [3.05, 3.63) is 22.7 Å². The van der Waals surface area contributed by atoms with Gasteiger partial charge in [-0.1, -0.05) is 11.6 Å². The SMILES string of the molecule is O=S1(=O)N=C(Cl)Nc2c(Cl)ccc(C(F)(F)F)c21. The Morgan fingerprint density at radius 3 is 2.39 bits per heavy atom. The molecule has 0 bridgehead atoms. The van der Waals surface area contributed by atoms with Crippen molar-refractivity contribution >= 4 is 44.2 Å². The summed E-state index contributed by atoms with van der Waals surface area (Å²) >= 11 is 11.0. The van der Waals surface area contributed by atoms with Crippen molar-refractivity contribution < 1.29 is 21.6 Å². The van der Waals surface area contributed by atoms with Gasteiger partial charge in [-0.05, 0) is 23.7 Å². The zero-order valence-electron chi connectivity index (χ0n) is 8.22. The second kappa shape index (κ2) is 4.01. The number of anilines is 1. The lowest BCUT2D eigenvalue weighted by Gasteiger charge is -2.20. The fraction of sp³-hybridized carbons (Fsp3) is 0.125. The Kier molecular flexibility index (Phi) is 2.99. The highest BCUT2D eigenvalue weighted by Crippen LogP contribution is 2.43. The summed E-state index contributed by atoms with van der Waals surface area (Å²) in [4.78, 5) is -1.02. The lowest BCUT2D eigenvalue weighted by Crippen LogP contribution is -2.21. The summed E-state index contributed by atoms with van der Waals surface area (Å²) in [5.74, 6) is 0. The smallest absolute Gasteiger partial charge is 0.327 e. The van der Waals surface area contributed by atoms with E-state index in [0.717, 1.165) is 6.07 Å². The van der Waals surface area contributed by atoms with Crippen LogP contribution in [0.3, 0.4) is 0 Å². The number of nitrogens with one attached hydrogen (secondary N) is 1. The molecule has 4 nitrogen and oxygen atoms in total. The van der Waals surface area contributed by atoms with Crippen LogP contribution in [0.4, 0.5) is 18.9 Å². The molecule has 0 fully saturated rings. The summed E-state index contributed by atoms with van der Waals surface area (Å²) in [6.45, 7) is 0. The van der Waals surface area contributed by atoms with Gasteiger partial charge in [0.05, 0.1) is 16.3 Å². The average molecular weight is 319 g/mol. The van der Waals surface area contributed by atoms with Gasteiger partial charge in [-0.3, -0.25) is 0 Å². The summed E-state index contributed by atoms with van der Waals surface area (Å²) < 4.78 is 64.4. The first kappa shape index (κ1) is 13.4. The zero-order valence-corrected chi connectivity index (χ0v) is 10.5. The predicted molar refractivity (Wildman–Crippen MR) is 60.6 cm³/mol. The predicted octanol–water partition coefficient (Wildman–Crippen LogP) is 3.07. The number of sulfonamides is 1. The molecule has 1 N–H and O–H groups in total. The van der Waals surface area contributed by atoms with Crippen LogP contribution in [0, 0.1) is 0 Å². The lowest BCUT2D eigenvalue weighted by atomic mass is 10.2. The van der Waals surface area contributed by atoms with E-state index in [1.807, 2.05) is 0 Å². The number of nitrogens with zero attached hydrogens (tertiary/aromatic N) is 1. The minimum Gasteiger partial charge on any atom is -0.327 e. The Bertz CT molecular complexity index is 655. The first-order valence-corrected chi connectivity index (χ1v) is 6.50. The molecule has 0 radical (unpaired) electrons. The first-order chi connectivity index (χ1) is 8.13. The monoisotopic (exact) mass is 318 g/mol. The van der Waals surface area contributed by atoms with E-state index in [9.17, 15) is 21.6 Å². The van der Waals surface area contributed by atoms with Gasteiger partial charge in [0, 0.05) is 0 Å². The van der Waals surface area contributed by atoms with Crippen molar-refractivity contribution in [2.75, 3.05) is 5.32 Å². The molecule has 0 spiro atoms. The van der Waals surface area contributed by atoms with Gasteiger partial charge < -0.3 is 5.32 Å². The van der Waals surface area contributed by atoms with Crippen molar-refractivity contribution in [2.24, 2.45) is 4.40 Å². The molecule has 0 amide bonds. The quantitative estimate of drug-likeness (QED) is 0.748. The maximum atomic E-state index is 12.7. The molecule has 18 heavy (non-hydrogen) atoms. The number of hydrogen-bond acceptors (Lipinski definition) is 3. The third kappa shape index (κ3) is 2.15. The Morgan fingerprint density at radius 2 is 1.83 bits per heavy atom. The summed E-state index contributed by atoms with van der Waals surface area (Å²) in [7, 11) is -4.54. The molecule has 0 atom stereocenters. The minimum absolute atomic E-state index is 0.199. The number of amidine groups is 1. The van der Waals surface area contributed by atoms with Crippen LogP contribution in [-0.4, -0.2) is 13.7 Å². The number of rotatable bonds is 0. The minimum atomic E-state index is -4.84. The van der Waals surface area contributed by atoms with E-state index in [1.165, 1.54) is 0 Å². The van der Waals surface area contributed by atoms with E-state index in [4.69, 9.17) is 23.2 Å². The molecular weight excluding hydrogens is 316 g/mol. The van der Waals surface area contributed by atoms with Crippen LogP contribution >= 0.6 is 23.2 Å².